The van der Waals surface area contributed by atoms with E-state index in [1.807, 2.05) is 22.9 Å². The van der Waals surface area contributed by atoms with Crippen LogP contribution in [0.15, 0.2) is 24.4 Å². The molecule has 0 radical (unpaired) electrons. The molecule has 3 fully saturated rings. The fraction of sp³-hybridized carbons (Fsp3) is 0.500. The molecule has 1 saturated carbocycles. The van der Waals surface area contributed by atoms with E-state index in [9.17, 15) is 10.5 Å². The van der Waals surface area contributed by atoms with E-state index in [1.165, 1.54) is 16.2 Å². The Labute approximate surface area is 305 Å². The molecule has 1 spiro atoms. The van der Waals surface area contributed by atoms with Gasteiger partial charge in [0.05, 0.1) is 48.3 Å². The van der Waals surface area contributed by atoms with Crippen LogP contribution >= 0.6 is 22.9 Å². The Morgan fingerprint density at radius 2 is 1.78 bits per heavy atom. The van der Waals surface area contributed by atoms with Crippen LogP contribution in [-0.2, 0) is 29.7 Å². The SMILES string of the molecule is N#Cc1c(N2CCCn3nc(-c4ccccn4)c(Cl)c3C2)nc(OCC2(CN3CCOCC3)CC2)nc1N1CC2(CCc3sc(N)c(C#N)c32)C1. The lowest BCUT2D eigenvalue weighted by molar-refractivity contribution is 0.0231. The predicted octanol–water partition coefficient (Wildman–Crippen LogP) is 4.38. The lowest BCUT2D eigenvalue weighted by atomic mass is 9.74. The molecule has 13 nitrogen and oxygen atoms in total. The minimum absolute atomic E-state index is 0.0626. The minimum atomic E-state index is -0.186. The first-order chi connectivity index (χ1) is 24.9. The molecule has 7 heterocycles. The van der Waals surface area contributed by atoms with Crippen molar-refractivity contribution in [2.45, 2.75) is 50.6 Å². The number of fused-ring (bicyclic) bond motifs is 3. The average Bonchev–Trinajstić information content (AvgIpc) is 3.64. The van der Waals surface area contributed by atoms with Crippen LogP contribution in [0.1, 0.15) is 52.9 Å². The monoisotopic (exact) mass is 723 g/mol. The van der Waals surface area contributed by atoms with Gasteiger partial charge in [-0.3, -0.25) is 14.6 Å². The summed E-state index contributed by atoms with van der Waals surface area (Å²) in [6.45, 7) is 7.87. The summed E-state index contributed by atoms with van der Waals surface area (Å²) >= 11 is 8.55. The highest BCUT2D eigenvalue weighted by atomic mass is 35.5. The number of pyridine rings is 1. The molecule has 51 heavy (non-hydrogen) atoms. The van der Waals surface area contributed by atoms with Crippen LogP contribution in [0.2, 0.25) is 5.02 Å². The van der Waals surface area contributed by atoms with Gasteiger partial charge in [-0.2, -0.15) is 25.6 Å². The fourth-order valence-corrected chi connectivity index (χ4v) is 9.75. The molecule has 5 aliphatic rings. The van der Waals surface area contributed by atoms with Crippen LogP contribution in [0.25, 0.3) is 11.4 Å². The van der Waals surface area contributed by atoms with E-state index in [2.05, 4.69) is 31.8 Å². The highest BCUT2D eigenvalue weighted by molar-refractivity contribution is 7.16. The highest BCUT2D eigenvalue weighted by Gasteiger charge is 2.52. The van der Waals surface area contributed by atoms with E-state index in [4.69, 9.17) is 41.9 Å². The fourth-order valence-electron chi connectivity index (χ4n) is 8.32. The Morgan fingerprint density at radius 1 is 1.00 bits per heavy atom. The summed E-state index contributed by atoms with van der Waals surface area (Å²) in [5.74, 6) is 1.10. The van der Waals surface area contributed by atoms with E-state index in [0.29, 0.717) is 83.5 Å². The van der Waals surface area contributed by atoms with Crippen molar-refractivity contribution in [3.8, 4) is 29.5 Å². The molecule has 4 aromatic rings. The maximum atomic E-state index is 10.8. The van der Waals surface area contributed by atoms with Gasteiger partial charge in [0.1, 0.15) is 28.4 Å². The third-order valence-corrected chi connectivity index (χ3v) is 12.7. The Kier molecular flexibility index (Phi) is 8.04. The number of nitrogen functional groups attached to an aromatic ring is 1. The lowest BCUT2D eigenvalue weighted by Gasteiger charge is -2.49. The highest BCUT2D eigenvalue weighted by Crippen LogP contribution is 2.53. The first-order valence-corrected chi connectivity index (χ1v) is 18.8. The van der Waals surface area contributed by atoms with Gasteiger partial charge in [0.25, 0.3) is 0 Å². The molecular formula is C36H38ClN11O2S. The minimum Gasteiger partial charge on any atom is -0.463 e. The number of morpholine rings is 1. The summed E-state index contributed by atoms with van der Waals surface area (Å²) in [5, 5.41) is 26.7. The first-order valence-electron chi connectivity index (χ1n) is 17.6. The van der Waals surface area contributed by atoms with Crippen LogP contribution < -0.4 is 20.3 Å². The van der Waals surface area contributed by atoms with Crippen LogP contribution in [-0.4, -0.2) is 88.7 Å². The number of ether oxygens (including phenoxy) is 2. The number of hydrogen-bond acceptors (Lipinski definition) is 13. The number of rotatable bonds is 8. The first kappa shape index (κ1) is 32.4. The molecule has 0 bridgehead atoms. The van der Waals surface area contributed by atoms with E-state index in [0.717, 1.165) is 76.2 Å². The summed E-state index contributed by atoms with van der Waals surface area (Å²) in [7, 11) is 0. The Bertz CT molecular complexity index is 2070. The van der Waals surface area contributed by atoms with E-state index < -0.39 is 0 Å². The number of aromatic nitrogens is 5. The summed E-state index contributed by atoms with van der Waals surface area (Å²) in [4.78, 5) is 22.3. The average molecular weight is 724 g/mol. The maximum absolute atomic E-state index is 10.8. The molecule has 2 saturated heterocycles. The molecule has 3 aliphatic heterocycles. The number of hydrogen-bond donors (Lipinski definition) is 1. The molecular weight excluding hydrogens is 686 g/mol. The molecule has 0 amide bonds. The number of nitrogens with two attached hydrogens (primary N) is 1. The number of thiophene rings is 1. The van der Waals surface area contributed by atoms with E-state index >= 15 is 0 Å². The van der Waals surface area contributed by atoms with Gasteiger partial charge in [0, 0.05) is 67.7 Å². The van der Waals surface area contributed by atoms with Crippen LogP contribution in [0.3, 0.4) is 0 Å². The van der Waals surface area contributed by atoms with Gasteiger partial charge >= 0.3 is 6.01 Å². The number of halogens is 1. The Hall–Kier alpha value is -4.47. The third-order valence-electron chi connectivity index (χ3n) is 11.2. The van der Waals surface area contributed by atoms with Crippen molar-refractivity contribution in [3.63, 3.8) is 0 Å². The third kappa shape index (κ3) is 5.65. The predicted molar refractivity (Wildman–Crippen MR) is 193 cm³/mol. The van der Waals surface area contributed by atoms with Crippen molar-refractivity contribution in [1.82, 2.24) is 29.6 Å². The van der Waals surface area contributed by atoms with Gasteiger partial charge in [-0.25, -0.2) is 0 Å². The van der Waals surface area contributed by atoms with E-state index in [-0.39, 0.29) is 16.8 Å². The van der Waals surface area contributed by atoms with Crippen molar-refractivity contribution in [2.75, 3.05) is 74.6 Å². The van der Waals surface area contributed by atoms with Gasteiger partial charge in [-0.15, -0.1) is 11.3 Å². The summed E-state index contributed by atoms with van der Waals surface area (Å²) in [6.07, 6.45) is 6.55. The van der Waals surface area contributed by atoms with Gasteiger partial charge in [-0.1, -0.05) is 17.7 Å². The lowest BCUT2D eigenvalue weighted by Crippen LogP contribution is -2.59. The van der Waals surface area contributed by atoms with Gasteiger partial charge in [0.15, 0.2) is 11.6 Å². The topological polar surface area (TPSA) is 158 Å². The summed E-state index contributed by atoms with van der Waals surface area (Å²) in [5.41, 5.74) is 10.5. The Balaban J connectivity index is 1.05. The molecule has 9 rings (SSSR count). The zero-order valence-corrected chi connectivity index (χ0v) is 29.8. The van der Waals surface area contributed by atoms with Gasteiger partial charge in [-0.05, 0) is 49.8 Å². The Morgan fingerprint density at radius 3 is 2.51 bits per heavy atom. The molecule has 262 valence electrons. The van der Waals surface area contributed by atoms with Crippen molar-refractivity contribution < 1.29 is 9.47 Å². The van der Waals surface area contributed by atoms with Crippen LogP contribution in [0.4, 0.5) is 16.6 Å². The number of aryl methyl sites for hydroxylation is 2. The standard InChI is InChI=1S/C36H38ClN11O2S/c37-29-26-18-46(10-3-11-48(26)44-30(29)25-4-1-2-9-41-25)32-24(17-39)33(47-20-36(21-47)6-5-27-28(36)23(16-38)31(40)51-27)43-34(42-32)50-22-35(7-8-35)19-45-12-14-49-15-13-45/h1-2,4,9H,3,5-8,10-15,18-22,40H2. The largest absolute Gasteiger partial charge is 0.463 e. The quantitative estimate of drug-likeness (QED) is 0.274. The molecule has 2 N–H and O–H groups in total. The van der Waals surface area contributed by atoms with Crippen molar-refractivity contribution in [1.29, 1.82) is 10.5 Å². The molecule has 0 atom stereocenters. The molecule has 4 aromatic heterocycles. The zero-order valence-electron chi connectivity index (χ0n) is 28.3. The molecule has 2 aliphatic carbocycles. The number of nitriles is 2. The molecule has 0 unspecified atom stereocenters. The molecule has 0 aromatic carbocycles. The van der Waals surface area contributed by atoms with Crippen LogP contribution in [0.5, 0.6) is 6.01 Å². The van der Waals surface area contributed by atoms with Crippen molar-refractivity contribution in [2.24, 2.45) is 5.41 Å². The second-order valence-corrected chi connectivity index (χ2v) is 16.0. The van der Waals surface area contributed by atoms with Gasteiger partial charge < -0.3 is 25.0 Å². The second-order valence-electron chi connectivity index (χ2n) is 14.5. The summed E-state index contributed by atoms with van der Waals surface area (Å²) in [6, 6.07) is 10.8. The number of nitrogens with zero attached hydrogens (tertiary/aromatic N) is 10. The maximum Gasteiger partial charge on any atom is 0.320 e. The van der Waals surface area contributed by atoms with Crippen LogP contribution in [0, 0.1) is 28.1 Å². The molecule has 15 heteroatoms. The second kappa shape index (κ2) is 12.6. The number of anilines is 3. The van der Waals surface area contributed by atoms with E-state index in [1.54, 1.807) is 6.20 Å². The smallest absolute Gasteiger partial charge is 0.320 e. The zero-order chi connectivity index (χ0) is 34.7. The van der Waals surface area contributed by atoms with Crippen molar-refractivity contribution in [3.05, 3.63) is 56.7 Å². The summed E-state index contributed by atoms with van der Waals surface area (Å²) < 4.78 is 14.0. The van der Waals surface area contributed by atoms with Crippen molar-refractivity contribution >= 4 is 39.6 Å². The van der Waals surface area contributed by atoms with Gasteiger partial charge in [0.2, 0.25) is 0 Å². The normalized spacial score (nSPS) is 20.2.